The SMILES string of the molecule is Cc1cc(C2=C(c3nn[nH]n3)C(c3ccnc(C)c3)CCCC2)ccn1. The first kappa shape index (κ1) is 16.6. The number of nitrogens with one attached hydrogen (secondary N) is 1. The molecule has 6 heteroatoms. The van der Waals surface area contributed by atoms with Crippen molar-refractivity contribution in [1.29, 1.82) is 0 Å². The third-order valence-electron chi connectivity index (χ3n) is 5.00. The highest BCUT2D eigenvalue weighted by Crippen LogP contribution is 2.44. The van der Waals surface area contributed by atoms with Crippen LogP contribution in [-0.2, 0) is 0 Å². The Hall–Kier alpha value is -2.89. The van der Waals surface area contributed by atoms with Crippen molar-refractivity contribution in [2.75, 3.05) is 0 Å². The molecule has 132 valence electrons. The summed E-state index contributed by atoms with van der Waals surface area (Å²) in [5.41, 5.74) is 6.99. The number of hydrogen-bond donors (Lipinski definition) is 1. The molecule has 0 saturated carbocycles. The second kappa shape index (κ2) is 7.15. The molecule has 0 saturated heterocycles. The van der Waals surface area contributed by atoms with Crippen molar-refractivity contribution in [2.24, 2.45) is 0 Å². The Morgan fingerprint density at radius 2 is 1.81 bits per heavy atom. The highest BCUT2D eigenvalue weighted by atomic mass is 15.5. The molecule has 6 nitrogen and oxygen atoms in total. The van der Waals surface area contributed by atoms with Gasteiger partial charge in [-0.05, 0) is 79.3 Å². The molecule has 0 spiro atoms. The molecule has 0 bridgehead atoms. The van der Waals surface area contributed by atoms with Crippen LogP contribution in [0.5, 0.6) is 0 Å². The number of aromatic nitrogens is 6. The largest absolute Gasteiger partial charge is 0.262 e. The summed E-state index contributed by atoms with van der Waals surface area (Å²) in [5.74, 6) is 0.927. The van der Waals surface area contributed by atoms with Gasteiger partial charge in [-0.15, -0.1) is 10.2 Å². The van der Waals surface area contributed by atoms with Gasteiger partial charge in [-0.25, -0.2) is 0 Å². The zero-order valence-corrected chi connectivity index (χ0v) is 15.1. The minimum absolute atomic E-state index is 0.236. The van der Waals surface area contributed by atoms with Crippen molar-refractivity contribution in [1.82, 2.24) is 30.6 Å². The van der Waals surface area contributed by atoms with Crippen molar-refractivity contribution >= 4 is 11.1 Å². The lowest BCUT2D eigenvalue weighted by Gasteiger charge is -2.20. The van der Waals surface area contributed by atoms with Crippen LogP contribution in [0.4, 0.5) is 0 Å². The summed E-state index contributed by atoms with van der Waals surface area (Å²) in [7, 11) is 0. The van der Waals surface area contributed by atoms with Gasteiger partial charge in [0.05, 0.1) is 0 Å². The summed E-state index contributed by atoms with van der Waals surface area (Å²) in [6.07, 6.45) is 8.16. The number of pyridine rings is 2. The van der Waals surface area contributed by atoms with Gasteiger partial charge in [0.1, 0.15) is 0 Å². The quantitative estimate of drug-likeness (QED) is 0.778. The van der Waals surface area contributed by atoms with Crippen LogP contribution < -0.4 is 0 Å². The molecule has 0 amide bonds. The minimum Gasteiger partial charge on any atom is -0.262 e. The maximum Gasteiger partial charge on any atom is 0.201 e. The first-order valence-electron chi connectivity index (χ1n) is 9.05. The molecule has 3 aromatic heterocycles. The number of hydrogen-bond acceptors (Lipinski definition) is 5. The van der Waals surface area contributed by atoms with Gasteiger partial charge >= 0.3 is 0 Å². The Labute approximate surface area is 152 Å². The summed E-state index contributed by atoms with van der Waals surface area (Å²) in [4.78, 5) is 8.71. The lowest BCUT2D eigenvalue weighted by Crippen LogP contribution is -2.06. The van der Waals surface area contributed by atoms with E-state index < -0.39 is 0 Å². The zero-order valence-electron chi connectivity index (χ0n) is 15.1. The zero-order chi connectivity index (χ0) is 17.9. The van der Waals surface area contributed by atoms with E-state index in [1.807, 2.05) is 26.2 Å². The molecular weight excluding hydrogens is 324 g/mol. The number of aryl methyl sites for hydroxylation is 2. The summed E-state index contributed by atoms with van der Waals surface area (Å²) >= 11 is 0. The van der Waals surface area contributed by atoms with Crippen LogP contribution in [0.25, 0.3) is 11.1 Å². The van der Waals surface area contributed by atoms with Crippen molar-refractivity contribution in [3.8, 4) is 0 Å². The van der Waals surface area contributed by atoms with E-state index >= 15 is 0 Å². The lowest BCUT2D eigenvalue weighted by molar-refractivity contribution is 0.669. The van der Waals surface area contributed by atoms with E-state index in [1.165, 1.54) is 28.7 Å². The third-order valence-corrected chi connectivity index (χ3v) is 5.00. The average Bonchev–Trinajstić information content (AvgIpc) is 3.07. The topological polar surface area (TPSA) is 80.2 Å². The van der Waals surface area contributed by atoms with Gasteiger partial charge in [-0.2, -0.15) is 5.21 Å². The number of tetrazole rings is 1. The van der Waals surface area contributed by atoms with Crippen LogP contribution >= 0.6 is 0 Å². The summed E-state index contributed by atoms with van der Waals surface area (Å²) in [6, 6.07) is 8.52. The maximum atomic E-state index is 4.36. The van der Waals surface area contributed by atoms with Crippen LogP contribution in [-0.4, -0.2) is 30.6 Å². The maximum absolute atomic E-state index is 4.36. The Morgan fingerprint density at radius 1 is 1.00 bits per heavy atom. The van der Waals surface area contributed by atoms with Gasteiger partial charge < -0.3 is 0 Å². The number of nitrogens with zero attached hydrogens (tertiary/aromatic N) is 5. The summed E-state index contributed by atoms with van der Waals surface area (Å²) in [6.45, 7) is 4.06. The third kappa shape index (κ3) is 3.27. The fourth-order valence-electron chi connectivity index (χ4n) is 3.86. The number of H-pyrrole nitrogens is 1. The molecule has 26 heavy (non-hydrogen) atoms. The fraction of sp³-hybridized carbons (Fsp3) is 0.350. The number of allylic oxidation sites excluding steroid dienone is 2. The average molecular weight is 346 g/mol. The van der Waals surface area contributed by atoms with Crippen molar-refractivity contribution in [3.63, 3.8) is 0 Å². The van der Waals surface area contributed by atoms with Gasteiger partial charge in [-0.3, -0.25) is 9.97 Å². The molecule has 1 N–H and O–H groups in total. The lowest BCUT2D eigenvalue weighted by atomic mass is 9.84. The van der Waals surface area contributed by atoms with Gasteiger partial charge in [0.15, 0.2) is 0 Å². The van der Waals surface area contributed by atoms with E-state index in [2.05, 4.69) is 54.9 Å². The van der Waals surface area contributed by atoms with Crippen molar-refractivity contribution in [3.05, 3.63) is 65.0 Å². The van der Waals surface area contributed by atoms with Crippen LogP contribution in [0.2, 0.25) is 0 Å². The Morgan fingerprint density at radius 3 is 2.54 bits per heavy atom. The monoisotopic (exact) mass is 346 g/mol. The van der Waals surface area contributed by atoms with Crippen LogP contribution in [0, 0.1) is 13.8 Å². The minimum atomic E-state index is 0.236. The fourth-order valence-corrected chi connectivity index (χ4v) is 3.86. The van der Waals surface area contributed by atoms with Crippen LogP contribution in [0.3, 0.4) is 0 Å². The molecular formula is C20H22N6. The van der Waals surface area contributed by atoms with Gasteiger partial charge in [0.25, 0.3) is 0 Å². The summed E-state index contributed by atoms with van der Waals surface area (Å²) in [5, 5.41) is 15.1. The second-order valence-corrected chi connectivity index (χ2v) is 6.84. The van der Waals surface area contributed by atoms with Gasteiger partial charge in [0, 0.05) is 35.3 Å². The molecule has 0 aliphatic heterocycles. The molecule has 1 aliphatic rings. The standard InChI is InChI=1S/C20H22N6/c1-13-11-15(7-9-21-13)17-5-3-4-6-18(16-8-10-22-14(2)12-16)19(17)20-23-25-26-24-20/h7-12,17H,3-6H2,1-2H3,(H,23,24,25,26). The molecule has 0 fully saturated rings. The predicted octanol–water partition coefficient (Wildman–Crippen LogP) is 3.88. The molecule has 3 aromatic rings. The molecule has 1 unspecified atom stereocenters. The number of rotatable bonds is 3. The van der Waals surface area contributed by atoms with E-state index in [0.717, 1.165) is 30.7 Å². The van der Waals surface area contributed by atoms with E-state index in [9.17, 15) is 0 Å². The molecule has 1 atom stereocenters. The highest BCUT2D eigenvalue weighted by Gasteiger charge is 2.28. The first-order valence-corrected chi connectivity index (χ1v) is 9.05. The molecule has 3 heterocycles. The Balaban J connectivity index is 1.93. The Kier molecular flexibility index (Phi) is 4.56. The molecule has 0 radical (unpaired) electrons. The smallest absolute Gasteiger partial charge is 0.201 e. The van der Waals surface area contributed by atoms with E-state index in [4.69, 9.17) is 0 Å². The van der Waals surface area contributed by atoms with E-state index in [1.54, 1.807) is 0 Å². The number of aromatic amines is 1. The van der Waals surface area contributed by atoms with E-state index in [0.29, 0.717) is 5.82 Å². The van der Waals surface area contributed by atoms with E-state index in [-0.39, 0.29) is 5.92 Å². The first-order chi connectivity index (χ1) is 12.7. The molecule has 1 aliphatic carbocycles. The predicted molar refractivity (Wildman–Crippen MR) is 100 cm³/mol. The highest BCUT2D eigenvalue weighted by molar-refractivity contribution is 5.92. The van der Waals surface area contributed by atoms with Crippen molar-refractivity contribution in [2.45, 2.75) is 45.4 Å². The molecule has 0 aromatic carbocycles. The summed E-state index contributed by atoms with van der Waals surface area (Å²) < 4.78 is 0. The van der Waals surface area contributed by atoms with Crippen molar-refractivity contribution < 1.29 is 0 Å². The van der Waals surface area contributed by atoms with Crippen LogP contribution in [0.15, 0.2) is 36.7 Å². The molecule has 4 rings (SSSR count). The van der Waals surface area contributed by atoms with Gasteiger partial charge in [-0.1, -0.05) is 6.42 Å². The Bertz CT molecular complexity index is 929. The second-order valence-electron chi connectivity index (χ2n) is 6.84. The normalized spacial score (nSPS) is 18.0. The van der Waals surface area contributed by atoms with Gasteiger partial charge in [0.2, 0.25) is 5.82 Å². The van der Waals surface area contributed by atoms with Crippen LogP contribution in [0.1, 0.15) is 59.9 Å².